The van der Waals surface area contributed by atoms with Gasteiger partial charge < -0.3 is 15.3 Å². The number of carbonyl (C=O) groups excluding carboxylic acids is 1. The summed E-state index contributed by atoms with van der Waals surface area (Å²) in [6.45, 7) is 2.23. The summed E-state index contributed by atoms with van der Waals surface area (Å²) in [7, 11) is 0. The van der Waals surface area contributed by atoms with Crippen LogP contribution in [0.25, 0.3) is 32.4 Å². The molecule has 0 saturated carbocycles. The molecule has 0 aliphatic carbocycles. The third kappa shape index (κ3) is 3.74. The van der Waals surface area contributed by atoms with Gasteiger partial charge in [-0.2, -0.15) is 0 Å². The molecule has 0 saturated heterocycles. The molecule has 3 aromatic heterocycles. The highest BCUT2D eigenvalue weighted by atomic mass is 32.1. The maximum absolute atomic E-state index is 13.1. The lowest BCUT2D eigenvalue weighted by Crippen LogP contribution is -2.23. The first-order valence-corrected chi connectivity index (χ1v) is 10.9. The van der Waals surface area contributed by atoms with Crippen LogP contribution < -0.4 is 16.6 Å². The highest BCUT2D eigenvalue weighted by Gasteiger charge is 2.14. The summed E-state index contributed by atoms with van der Waals surface area (Å²) in [6.07, 6.45) is 1.60. The van der Waals surface area contributed by atoms with Crippen LogP contribution in [0.2, 0.25) is 0 Å². The van der Waals surface area contributed by atoms with Gasteiger partial charge in [0.15, 0.2) is 0 Å². The lowest BCUT2D eigenvalue weighted by Gasteiger charge is -2.08. The van der Waals surface area contributed by atoms with E-state index in [2.05, 4.69) is 20.3 Å². The van der Waals surface area contributed by atoms with Crippen LogP contribution in [0.3, 0.4) is 0 Å². The van der Waals surface area contributed by atoms with Crippen LogP contribution in [0, 0.1) is 6.92 Å². The van der Waals surface area contributed by atoms with E-state index in [0.29, 0.717) is 26.9 Å². The molecular weight excluding hydrogens is 426 g/mol. The van der Waals surface area contributed by atoms with Gasteiger partial charge in [0.05, 0.1) is 22.7 Å². The molecule has 0 radical (unpaired) electrons. The summed E-state index contributed by atoms with van der Waals surface area (Å²) >= 11 is 1.43. The number of carbonyl (C=O) groups is 1. The fraction of sp³-hybridized carbons (Fsp3) is 0.130. The van der Waals surface area contributed by atoms with Crippen molar-refractivity contribution in [1.82, 2.24) is 19.5 Å². The predicted octanol–water partition coefficient (Wildman–Crippen LogP) is 3.63. The molecule has 0 spiro atoms. The van der Waals surface area contributed by atoms with Crippen LogP contribution in [0.5, 0.6) is 0 Å². The van der Waals surface area contributed by atoms with Gasteiger partial charge in [-0.3, -0.25) is 14.2 Å². The molecule has 0 aliphatic heterocycles. The van der Waals surface area contributed by atoms with Crippen molar-refractivity contribution in [1.29, 1.82) is 0 Å². The number of aromatic nitrogens is 4. The number of rotatable bonds is 5. The molecule has 0 bridgehead atoms. The van der Waals surface area contributed by atoms with Crippen molar-refractivity contribution in [3.8, 4) is 11.1 Å². The van der Waals surface area contributed by atoms with Crippen LogP contribution in [-0.4, -0.2) is 25.4 Å². The van der Waals surface area contributed by atoms with E-state index in [1.807, 2.05) is 36.6 Å². The topological polar surface area (TPSA) is 113 Å². The second-order valence-electron chi connectivity index (χ2n) is 7.58. The Labute approximate surface area is 185 Å². The Kier molecular flexibility index (Phi) is 4.95. The quantitative estimate of drug-likeness (QED) is 0.383. The van der Waals surface area contributed by atoms with Crippen molar-refractivity contribution >= 4 is 44.2 Å². The molecule has 1 amide bonds. The van der Waals surface area contributed by atoms with E-state index >= 15 is 0 Å². The number of anilines is 1. The summed E-state index contributed by atoms with van der Waals surface area (Å²) in [5, 5.41) is 5.32. The molecule has 0 aliphatic rings. The van der Waals surface area contributed by atoms with E-state index < -0.39 is 0 Å². The SMILES string of the molecule is Cc1ccc(-c2csc3ncn(CCC(=O)Nc4ccc5[nH]c(=O)[nH]c5c4)c(=O)c23)cc1. The first-order chi connectivity index (χ1) is 15.5. The molecule has 32 heavy (non-hydrogen) atoms. The Morgan fingerprint density at radius 3 is 2.69 bits per heavy atom. The summed E-state index contributed by atoms with van der Waals surface area (Å²) in [5.74, 6) is -0.238. The molecule has 5 aromatic rings. The predicted molar refractivity (Wildman–Crippen MR) is 126 cm³/mol. The number of hydrogen-bond donors (Lipinski definition) is 3. The molecule has 5 rings (SSSR count). The maximum atomic E-state index is 13.1. The van der Waals surface area contributed by atoms with Gasteiger partial charge in [0.1, 0.15) is 4.83 Å². The molecule has 9 heteroatoms. The van der Waals surface area contributed by atoms with Crippen molar-refractivity contribution in [2.45, 2.75) is 19.9 Å². The Bertz CT molecular complexity index is 1570. The van der Waals surface area contributed by atoms with Crippen LogP contribution in [0.4, 0.5) is 5.69 Å². The molecule has 160 valence electrons. The van der Waals surface area contributed by atoms with Crippen molar-refractivity contribution < 1.29 is 4.79 Å². The minimum Gasteiger partial charge on any atom is -0.326 e. The average molecular weight is 446 g/mol. The number of aryl methyl sites for hydroxylation is 2. The molecule has 0 atom stereocenters. The summed E-state index contributed by atoms with van der Waals surface area (Å²) in [5.41, 5.74) is 4.36. The molecular formula is C23H19N5O3S. The van der Waals surface area contributed by atoms with Crippen LogP contribution >= 0.6 is 11.3 Å². The van der Waals surface area contributed by atoms with Crippen molar-refractivity contribution in [2.24, 2.45) is 0 Å². The second kappa shape index (κ2) is 7.93. The summed E-state index contributed by atoms with van der Waals surface area (Å²) < 4.78 is 1.47. The smallest absolute Gasteiger partial charge is 0.323 e. The number of nitrogens with zero attached hydrogens (tertiary/aromatic N) is 2. The zero-order valence-corrected chi connectivity index (χ0v) is 18.0. The number of aromatic amines is 2. The van der Waals surface area contributed by atoms with E-state index in [1.165, 1.54) is 22.2 Å². The average Bonchev–Trinajstić information content (AvgIpc) is 3.36. The minimum absolute atomic E-state index is 0.110. The van der Waals surface area contributed by atoms with Gasteiger partial charge in [-0.15, -0.1) is 11.3 Å². The lowest BCUT2D eigenvalue weighted by molar-refractivity contribution is -0.116. The number of benzene rings is 2. The third-order valence-electron chi connectivity index (χ3n) is 5.30. The van der Waals surface area contributed by atoms with Gasteiger partial charge in [0.2, 0.25) is 5.91 Å². The van der Waals surface area contributed by atoms with E-state index in [9.17, 15) is 14.4 Å². The molecule has 2 aromatic carbocycles. The van der Waals surface area contributed by atoms with Crippen molar-refractivity contribution in [2.75, 3.05) is 5.32 Å². The van der Waals surface area contributed by atoms with Crippen LogP contribution in [-0.2, 0) is 11.3 Å². The molecule has 0 fully saturated rings. The van der Waals surface area contributed by atoms with Crippen molar-refractivity contribution in [3.63, 3.8) is 0 Å². The van der Waals surface area contributed by atoms with Crippen LogP contribution in [0.1, 0.15) is 12.0 Å². The number of amides is 1. The molecule has 3 heterocycles. The number of fused-ring (bicyclic) bond motifs is 2. The Morgan fingerprint density at radius 2 is 1.88 bits per heavy atom. The monoisotopic (exact) mass is 445 g/mol. The minimum atomic E-state index is -0.302. The summed E-state index contributed by atoms with van der Waals surface area (Å²) in [6, 6.07) is 13.1. The van der Waals surface area contributed by atoms with Gasteiger partial charge >= 0.3 is 5.69 Å². The highest BCUT2D eigenvalue weighted by molar-refractivity contribution is 7.17. The second-order valence-corrected chi connectivity index (χ2v) is 8.43. The van der Waals surface area contributed by atoms with E-state index in [0.717, 1.165) is 16.7 Å². The molecule has 0 unspecified atom stereocenters. The van der Waals surface area contributed by atoms with Gasteiger partial charge in [-0.05, 0) is 30.7 Å². The highest BCUT2D eigenvalue weighted by Crippen LogP contribution is 2.30. The molecule has 3 N–H and O–H groups in total. The summed E-state index contributed by atoms with van der Waals surface area (Å²) in [4.78, 5) is 47.4. The Hall–Kier alpha value is -3.98. The zero-order valence-electron chi connectivity index (χ0n) is 17.1. The van der Waals surface area contributed by atoms with E-state index in [-0.39, 0.29) is 30.1 Å². The number of hydrogen-bond acceptors (Lipinski definition) is 5. The third-order valence-corrected chi connectivity index (χ3v) is 6.19. The number of thiophene rings is 1. The van der Waals surface area contributed by atoms with Crippen molar-refractivity contribution in [3.05, 3.63) is 80.6 Å². The fourth-order valence-electron chi connectivity index (χ4n) is 3.63. The fourth-order valence-corrected chi connectivity index (χ4v) is 4.53. The Balaban J connectivity index is 1.35. The van der Waals surface area contributed by atoms with Gasteiger partial charge in [0.25, 0.3) is 5.56 Å². The standard InChI is InChI=1S/C23H19N5O3S/c1-13-2-4-14(5-3-13)16-11-32-21-20(16)22(30)28(12-24-21)9-8-19(29)25-15-6-7-17-18(10-15)27-23(31)26-17/h2-7,10-12H,8-9H2,1H3,(H,25,29)(H2,26,27,31). The Morgan fingerprint density at radius 1 is 1.09 bits per heavy atom. The number of nitrogens with one attached hydrogen (secondary N) is 3. The first-order valence-electron chi connectivity index (χ1n) is 10.0. The first kappa shape index (κ1) is 20.0. The van der Waals surface area contributed by atoms with Gasteiger partial charge in [0, 0.05) is 29.6 Å². The number of imidazole rings is 1. The maximum Gasteiger partial charge on any atom is 0.323 e. The van der Waals surface area contributed by atoms with E-state index in [1.54, 1.807) is 18.2 Å². The molecule has 8 nitrogen and oxygen atoms in total. The normalized spacial score (nSPS) is 11.3. The van der Waals surface area contributed by atoms with Crippen LogP contribution in [0.15, 0.2) is 63.8 Å². The van der Waals surface area contributed by atoms with E-state index in [4.69, 9.17) is 0 Å². The zero-order chi connectivity index (χ0) is 22.2. The largest absolute Gasteiger partial charge is 0.326 e. The van der Waals surface area contributed by atoms with Gasteiger partial charge in [-0.25, -0.2) is 9.78 Å². The lowest BCUT2D eigenvalue weighted by atomic mass is 10.1. The number of H-pyrrole nitrogens is 2. The van der Waals surface area contributed by atoms with Gasteiger partial charge in [-0.1, -0.05) is 29.8 Å².